The van der Waals surface area contributed by atoms with Crippen molar-refractivity contribution in [2.75, 3.05) is 40.5 Å². The van der Waals surface area contributed by atoms with Crippen molar-refractivity contribution in [1.82, 2.24) is 10.2 Å². The lowest BCUT2D eigenvalue weighted by Crippen LogP contribution is -2.57. The molecule has 2 amide bonds. The first-order chi connectivity index (χ1) is 16.9. The number of hydrogen-bond donors (Lipinski definition) is 4. The summed E-state index contributed by atoms with van der Waals surface area (Å²) in [7, 11) is 3.03. The number of carbonyl (C=O) groups is 2. The Balaban J connectivity index is 1.78. The van der Waals surface area contributed by atoms with Gasteiger partial charge in [-0.3, -0.25) is 9.59 Å². The largest absolute Gasteiger partial charge is 0.493 e. The van der Waals surface area contributed by atoms with Gasteiger partial charge in [0.05, 0.1) is 38.9 Å². The number of carbonyl (C=O) groups excluding carboxylic acids is 2. The zero-order valence-electron chi connectivity index (χ0n) is 20.1. The first-order valence-corrected chi connectivity index (χ1v) is 12.0. The number of nitrogens with one attached hydrogen (secondary N) is 1. The molecule has 4 rings (SSSR count). The summed E-state index contributed by atoms with van der Waals surface area (Å²) in [5.41, 5.74) is 1.53. The predicted octanol–water partition coefficient (Wildman–Crippen LogP) is 0.0852. The van der Waals surface area contributed by atoms with E-state index in [0.717, 1.165) is 19.3 Å². The SMILES string of the molecule is COCCN(C(=O)C1CCC1)C1C=C(C(=O)NCCO)C2c3cc(CO)cc(OC)c3OC2C1O. The second-order valence-electron chi connectivity index (χ2n) is 9.17. The topological polar surface area (TPSA) is 138 Å². The van der Waals surface area contributed by atoms with Crippen molar-refractivity contribution >= 4 is 11.8 Å². The average Bonchev–Trinajstić information content (AvgIpc) is 3.22. The molecular weight excluding hydrogens is 456 g/mol. The highest BCUT2D eigenvalue weighted by Crippen LogP contribution is 2.51. The third-order valence-corrected chi connectivity index (χ3v) is 7.13. The van der Waals surface area contributed by atoms with Crippen LogP contribution in [-0.2, 0) is 20.9 Å². The molecule has 1 saturated carbocycles. The van der Waals surface area contributed by atoms with Crippen LogP contribution in [0.4, 0.5) is 0 Å². The normalized spacial score (nSPS) is 25.0. The summed E-state index contributed by atoms with van der Waals surface area (Å²) in [5.74, 6) is -0.448. The Labute approximate surface area is 204 Å². The van der Waals surface area contributed by atoms with E-state index in [1.807, 2.05) is 0 Å². The lowest BCUT2D eigenvalue weighted by Gasteiger charge is -2.42. The van der Waals surface area contributed by atoms with Crippen molar-refractivity contribution in [3.05, 3.63) is 34.9 Å². The molecule has 3 aliphatic rings. The summed E-state index contributed by atoms with van der Waals surface area (Å²) in [5, 5.41) is 33.2. The van der Waals surface area contributed by atoms with Crippen molar-refractivity contribution in [2.45, 2.75) is 50.0 Å². The van der Waals surface area contributed by atoms with Crippen LogP contribution in [0.1, 0.15) is 36.3 Å². The summed E-state index contributed by atoms with van der Waals surface area (Å²) >= 11 is 0. The molecule has 1 heterocycles. The molecule has 0 radical (unpaired) electrons. The maximum absolute atomic E-state index is 13.3. The lowest BCUT2D eigenvalue weighted by atomic mass is 9.76. The van der Waals surface area contributed by atoms with E-state index in [9.17, 15) is 24.9 Å². The van der Waals surface area contributed by atoms with Crippen LogP contribution >= 0.6 is 0 Å². The van der Waals surface area contributed by atoms with E-state index in [-0.39, 0.29) is 44.7 Å². The van der Waals surface area contributed by atoms with E-state index >= 15 is 0 Å². The first kappa shape index (κ1) is 25.4. The molecule has 1 fully saturated rings. The van der Waals surface area contributed by atoms with Crippen LogP contribution in [0.3, 0.4) is 0 Å². The van der Waals surface area contributed by atoms with Gasteiger partial charge in [-0.1, -0.05) is 6.42 Å². The Morgan fingerprint density at radius 1 is 1.23 bits per heavy atom. The van der Waals surface area contributed by atoms with Crippen LogP contribution in [0, 0.1) is 5.92 Å². The van der Waals surface area contributed by atoms with E-state index in [0.29, 0.717) is 28.2 Å². The summed E-state index contributed by atoms with van der Waals surface area (Å²) in [6.45, 7) is 0.142. The number of ether oxygens (including phenoxy) is 3. The molecular formula is C25H34N2O8. The fourth-order valence-corrected chi connectivity index (χ4v) is 5.10. The number of rotatable bonds is 10. The fraction of sp³-hybridized carbons (Fsp3) is 0.600. The van der Waals surface area contributed by atoms with E-state index in [1.165, 1.54) is 7.11 Å². The van der Waals surface area contributed by atoms with E-state index < -0.39 is 30.1 Å². The Bertz CT molecular complexity index is 976. The van der Waals surface area contributed by atoms with Crippen molar-refractivity contribution < 1.29 is 39.1 Å². The summed E-state index contributed by atoms with van der Waals surface area (Å²) in [4.78, 5) is 28.2. The monoisotopic (exact) mass is 490 g/mol. The summed E-state index contributed by atoms with van der Waals surface area (Å²) in [6.07, 6.45) is 2.26. The van der Waals surface area contributed by atoms with Gasteiger partial charge in [0.2, 0.25) is 11.8 Å². The predicted molar refractivity (Wildman–Crippen MR) is 125 cm³/mol. The Morgan fingerprint density at radius 3 is 2.60 bits per heavy atom. The van der Waals surface area contributed by atoms with Crippen LogP contribution < -0.4 is 14.8 Å². The van der Waals surface area contributed by atoms with Crippen LogP contribution in [0.5, 0.6) is 11.5 Å². The zero-order chi connectivity index (χ0) is 25.1. The molecule has 0 saturated heterocycles. The minimum atomic E-state index is -1.12. The van der Waals surface area contributed by atoms with E-state index in [2.05, 4.69) is 5.32 Å². The van der Waals surface area contributed by atoms with Crippen molar-refractivity contribution in [2.24, 2.45) is 5.92 Å². The average molecular weight is 491 g/mol. The summed E-state index contributed by atoms with van der Waals surface area (Å²) in [6, 6.07) is 2.59. The maximum Gasteiger partial charge on any atom is 0.247 e. The third kappa shape index (κ3) is 4.75. The third-order valence-electron chi connectivity index (χ3n) is 7.13. The number of fused-ring (bicyclic) bond motifs is 3. The van der Waals surface area contributed by atoms with Gasteiger partial charge in [-0.05, 0) is 36.6 Å². The van der Waals surface area contributed by atoms with Gasteiger partial charge < -0.3 is 39.7 Å². The highest BCUT2D eigenvalue weighted by Gasteiger charge is 2.52. The molecule has 35 heavy (non-hydrogen) atoms. The van der Waals surface area contributed by atoms with Gasteiger partial charge in [0.1, 0.15) is 12.2 Å². The molecule has 0 aromatic heterocycles. The second kappa shape index (κ2) is 10.9. The van der Waals surface area contributed by atoms with Gasteiger partial charge >= 0.3 is 0 Å². The van der Waals surface area contributed by atoms with Crippen LogP contribution in [0.15, 0.2) is 23.8 Å². The zero-order valence-corrected chi connectivity index (χ0v) is 20.1. The molecule has 4 atom stereocenters. The minimum Gasteiger partial charge on any atom is -0.493 e. The van der Waals surface area contributed by atoms with Crippen molar-refractivity contribution in [3.8, 4) is 11.5 Å². The highest BCUT2D eigenvalue weighted by molar-refractivity contribution is 5.96. The molecule has 4 unspecified atom stereocenters. The number of aliphatic hydroxyl groups excluding tert-OH is 3. The van der Waals surface area contributed by atoms with Crippen LogP contribution in [0.2, 0.25) is 0 Å². The molecule has 0 bridgehead atoms. The molecule has 0 spiro atoms. The quantitative estimate of drug-likeness (QED) is 0.362. The van der Waals surface area contributed by atoms with Gasteiger partial charge in [-0.2, -0.15) is 0 Å². The second-order valence-corrected chi connectivity index (χ2v) is 9.17. The van der Waals surface area contributed by atoms with Crippen LogP contribution in [-0.4, -0.2) is 90.8 Å². The van der Waals surface area contributed by atoms with Crippen molar-refractivity contribution in [3.63, 3.8) is 0 Å². The molecule has 4 N–H and O–H groups in total. The molecule has 192 valence electrons. The molecule has 10 heteroatoms. The Kier molecular flexibility index (Phi) is 7.95. The minimum absolute atomic E-state index is 0.0584. The van der Waals surface area contributed by atoms with E-state index in [4.69, 9.17) is 14.2 Å². The van der Waals surface area contributed by atoms with Crippen LogP contribution in [0.25, 0.3) is 0 Å². The maximum atomic E-state index is 13.3. The van der Waals surface area contributed by atoms with E-state index in [1.54, 1.807) is 30.2 Å². The fourth-order valence-electron chi connectivity index (χ4n) is 5.10. The number of benzene rings is 1. The Hall–Kier alpha value is -2.66. The smallest absolute Gasteiger partial charge is 0.247 e. The molecule has 1 aromatic rings. The number of amides is 2. The highest BCUT2D eigenvalue weighted by atomic mass is 16.5. The Morgan fingerprint density at radius 2 is 2.00 bits per heavy atom. The number of hydrogen-bond acceptors (Lipinski definition) is 8. The van der Waals surface area contributed by atoms with Gasteiger partial charge in [0, 0.05) is 37.3 Å². The first-order valence-electron chi connectivity index (χ1n) is 12.0. The summed E-state index contributed by atoms with van der Waals surface area (Å²) < 4.78 is 16.9. The van der Waals surface area contributed by atoms with Gasteiger partial charge in [-0.15, -0.1) is 0 Å². The molecule has 2 aliphatic carbocycles. The van der Waals surface area contributed by atoms with Crippen molar-refractivity contribution in [1.29, 1.82) is 0 Å². The van der Waals surface area contributed by atoms with Gasteiger partial charge in [0.25, 0.3) is 0 Å². The molecule has 1 aliphatic heterocycles. The lowest BCUT2D eigenvalue weighted by molar-refractivity contribution is -0.144. The molecule has 1 aromatic carbocycles. The number of nitrogens with zero attached hydrogens (tertiary/aromatic N) is 1. The number of methoxy groups -OCH3 is 2. The standard InChI is InChI=1S/C25H34N2O8/c1-33-9-7-27(25(32)15-4-3-5-15)18-12-17(24(31)26-6-8-28)20-16-10-14(13-29)11-19(34-2)22(16)35-23(20)21(18)30/h10-12,15,18,20-21,23,28-30H,3-9,13H2,1-2H3,(H,26,31). The van der Waals surface area contributed by atoms with Gasteiger partial charge in [-0.25, -0.2) is 0 Å². The van der Waals surface area contributed by atoms with Gasteiger partial charge in [0.15, 0.2) is 11.5 Å². The molecule has 10 nitrogen and oxygen atoms in total. The number of aliphatic hydroxyl groups is 3.